The van der Waals surface area contributed by atoms with E-state index < -0.39 is 0 Å². The summed E-state index contributed by atoms with van der Waals surface area (Å²) in [6, 6.07) is 19.2. The number of thiocarbonyl (C=S) groups is 1. The van der Waals surface area contributed by atoms with Crippen molar-refractivity contribution in [1.82, 2.24) is 15.1 Å². The molecule has 1 heterocycles. The van der Waals surface area contributed by atoms with Gasteiger partial charge in [-0.2, -0.15) is 0 Å². The lowest BCUT2D eigenvalue weighted by atomic mass is 9.98. The first kappa shape index (κ1) is 20.3. The first-order valence-corrected chi connectivity index (χ1v) is 10.5. The van der Waals surface area contributed by atoms with Crippen LogP contribution in [0.4, 0.5) is 5.69 Å². The second-order valence-electron chi connectivity index (χ2n) is 7.09. The van der Waals surface area contributed by atoms with Gasteiger partial charge in [-0.25, -0.2) is 0 Å². The van der Waals surface area contributed by atoms with E-state index in [1.165, 1.54) is 5.56 Å². The number of likely N-dealkylation sites (N-methyl/N-ethyl adjacent to an activating group) is 1. The van der Waals surface area contributed by atoms with Gasteiger partial charge in [0.25, 0.3) is 0 Å². The van der Waals surface area contributed by atoms with Crippen LogP contribution in [0.1, 0.15) is 18.5 Å². The summed E-state index contributed by atoms with van der Waals surface area (Å²) in [5.41, 5.74) is 2.31. The molecule has 1 aliphatic rings. The molecule has 2 aromatic carbocycles. The van der Waals surface area contributed by atoms with E-state index >= 15 is 0 Å². The Morgan fingerprint density at radius 3 is 2.26 bits per heavy atom. The summed E-state index contributed by atoms with van der Waals surface area (Å²) in [4.78, 5) is 4.95. The number of nitrogens with zero attached hydrogens (tertiary/aromatic N) is 2. The summed E-state index contributed by atoms with van der Waals surface area (Å²) in [6.45, 7) is 6.53. The van der Waals surface area contributed by atoms with E-state index in [0.717, 1.165) is 36.3 Å². The van der Waals surface area contributed by atoms with Gasteiger partial charge in [0.1, 0.15) is 0 Å². The highest BCUT2D eigenvalue weighted by Gasteiger charge is 2.28. The number of rotatable bonds is 5. The van der Waals surface area contributed by atoms with Crippen LogP contribution < -0.4 is 10.6 Å². The number of benzene rings is 2. The van der Waals surface area contributed by atoms with E-state index in [9.17, 15) is 0 Å². The molecule has 1 saturated heterocycles. The van der Waals surface area contributed by atoms with E-state index in [1.807, 2.05) is 24.3 Å². The molecule has 0 aliphatic carbocycles. The zero-order valence-corrected chi connectivity index (χ0v) is 18.3. The Morgan fingerprint density at radius 1 is 1.00 bits per heavy atom. The Balaban J connectivity index is 1.69. The van der Waals surface area contributed by atoms with Crippen molar-refractivity contribution in [3.63, 3.8) is 0 Å². The van der Waals surface area contributed by atoms with Gasteiger partial charge in [0.05, 0.1) is 6.04 Å². The molecule has 0 saturated carbocycles. The molecule has 27 heavy (non-hydrogen) atoms. The summed E-state index contributed by atoms with van der Waals surface area (Å²) in [7, 11) is 2.19. The predicted octanol–water partition coefficient (Wildman–Crippen LogP) is 4.11. The Bertz CT molecular complexity index is 730. The maximum absolute atomic E-state index is 5.57. The van der Waals surface area contributed by atoms with Crippen molar-refractivity contribution in [2.45, 2.75) is 19.0 Å². The highest BCUT2D eigenvalue weighted by Crippen LogP contribution is 2.25. The molecular formula is C21H27BrN4S. The van der Waals surface area contributed by atoms with Gasteiger partial charge in [-0.1, -0.05) is 46.3 Å². The van der Waals surface area contributed by atoms with Crippen molar-refractivity contribution in [3.05, 3.63) is 64.6 Å². The molecule has 0 spiro atoms. The summed E-state index contributed by atoms with van der Waals surface area (Å²) in [5.74, 6) is 0. The second kappa shape index (κ2) is 9.64. The summed E-state index contributed by atoms with van der Waals surface area (Å²) < 4.78 is 1.06. The Morgan fingerprint density at radius 2 is 1.63 bits per heavy atom. The third kappa shape index (κ3) is 5.75. The molecule has 3 rings (SSSR count). The van der Waals surface area contributed by atoms with Crippen LogP contribution in [0.25, 0.3) is 0 Å². The fourth-order valence-electron chi connectivity index (χ4n) is 3.55. The molecule has 4 nitrogen and oxygen atoms in total. The van der Waals surface area contributed by atoms with Crippen molar-refractivity contribution in [1.29, 1.82) is 0 Å². The highest BCUT2D eigenvalue weighted by atomic mass is 79.9. The molecule has 0 unspecified atom stereocenters. The molecule has 2 aromatic rings. The van der Waals surface area contributed by atoms with Gasteiger partial charge in [-0.15, -0.1) is 0 Å². The number of nitrogens with one attached hydrogen (secondary N) is 2. The molecule has 1 aliphatic heterocycles. The van der Waals surface area contributed by atoms with Crippen molar-refractivity contribution in [2.24, 2.45) is 0 Å². The van der Waals surface area contributed by atoms with E-state index in [4.69, 9.17) is 12.2 Å². The maximum atomic E-state index is 5.57. The largest absolute Gasteiger partial charge is 0.358 e. The summed E-state index contributed by atoms with van der Waals surface area (Å²) >= 11 is 9.03. The smallest absolute Gasteiger partial charge is 0.171 e. The predicted molar refractivity (Wildman–Crippen MR) is 121 cm³/mol. The standard InChI is InChI=1S/C21H27BrN4S/c1-16(23-21(27)24-19-10-8-18(22)9-11-19)20(17-6-4-3-5-7-17)26-14-12-25(2)13-15-26/h3-11,16,20H,12-15H2,1-2H3,(H2,23,24,27)/t16-,20+/m1/s1. The van der Waals surface area contributed by atoms with Gasteiger partial charge in [-0.05, 0) is 56.0 Å². The lowest BCUT2D eigenvalue weighted by Gasteiger charge is -2.41. The SMILES string of the molecule is C[C@@H](NC(=S)Nc1ccc(Br)cc1)[C@@H](c1ccccc1)N1CCN(C)CC1. The van der Waals surface area contributed by atoms with Crippen LogP contribution in [0.2, 0.25) is 0 Å². The molecular weight excluding hydrogens is 420 g/mol. The highest BCUT2D eigenvalue weighted by molar-refractivity contribution is 9.10. The molecule has 0 radical (unpaired) electrons. The monoisotopic (exact) mass is 446 g/mol. The van der Waals surface area contributed by atoms with Crippen LogP contribution in [0.5, 0.6) is 0 Å². The number of piperazine rings is 1. The van der Waals surface area contributed by atoms with Crippen molar-refractivity contribution in [2.75, 3.05) is 38.5 Å². The molecule has 0 amide bonds. The molecule has 144 valence electrons. The van der Waals surface area contributed by atoms with Crippen LogP contribution in [0.3, 0.4) is 0 Å². The molecule has 2 N–H and O–H groups in total. The number of hydrogen-bond acceptors (Lipinski definition) is 3. The van der Waals surface area contributed by atoms with Crippen molar-refractivity contribution < 1.29 is 0 Å². The molecule has 0 aromatic heterocycles. The van der Waals surface area contributed by atoms with Gasteiger partial charge >= 0.3 is 0 Å². The van der Waals surface area contributed by atoms with Gasteiger partial charge in [-0.3, -0.25) is 4.90 Å². The lowest BCUT2D eigenvalue weighted by Crippen LogP contribution is -2.52. The average molecular weight is 447 g/mol. The van der Waals surface area contributed by atoms with Gasteiger partial charge < -0.3 is 15.5 Å². The zero-order valence-electron chi connectivity index (χ0n) is 15.9. The topological polar surface area (TPSA) is 30.5 Å². The average Bonchev–Trinajstić information content (AvgIpc) is 2.66. The minimum Gasteiger partial charge on any atom is -0.358 e. The fourth-order valence-corrected chi connectivity index (χ4v) is 4.12. The molecule has 2 atom stereocenters. The number of anilines is 1. The minimum absolute atomic E-state index is 0.186. The van der Waals surface area contributed by atoms with Crippen molar-refractivity contribution in [3.8, 4) is 0 Å². The van der Waals surface area contributed by atoms with Gasteiger partial charge in [0.15, 0.2) is 5.11 Å². The first-order valence-electron chi connectivity index (χ1n) is 9.33. The van der Waals surface area contributed by atoms with Crippen LogP contribution in [-0.2, 0) is 0 Å². The van der Waals surface area contributed by atoms with Crippen LogP contribution in [0, 0.1) is 0 Å². The van der Waals surface area contributed by atoms with Crippen LogP contribution >= 0.6 is 28.1 Å². The molecule has 0 bridgehead atoms. The quantitative estimate of drug-likeness (QED) is 0.674. The Hall–Kier alpha value is -1.47. The van der Waals surface area contributed by atoms with E-state index in [0.29, 0.717) is 5.11 Å². The normalized spacial score (nSPS) is 17.9. The van der Waals surface area contributed by atoms with Gasteiger partial charge in [0.2, 0.25) is 0 Å². The maximum Gasteiger partial charge on any atom is 0.171 e. The number of halogens is 1. The first-order chi connectivity index (χ1) is 13.0. The lowest BCUT2D eigenvalue weighted by molar-refractivity contribution is 0.0973. The van der Waals surface area contributed by atoms with E-state index in [-0.39, 0.29) is 12.1 Å². The number of hydrogen-bond donors (Lipinski definition) is 2. The van der Waals surface area contributed by atoms with Crippen LogP contribution in [0.15, 0.2) is 59.1 Å². The van der Waals surface area contributed by atoms with Crippen LogP contribution in [-0.4, -0.2) is 54.2 Å². The van der Waals surface area contributed by atoms with Gasteiger partial charge in [0, 0.05) is 42.4 Å². The Kier molecular flexibility index (Phi) is 7.24. The Labute approximate surface area is 176 Å². The minimum atomic E-state index is 0.186. The van der Waals surface area contributed by atoms with Crippen molar-refractivity contribution >= 4 is 38.9 Å². The summed E-state index contributed by atoms with van der Waals surface area (Å²) in [5, 5.41) is 7.45. The fraction of sp³-hybridized carbons (Fsp3) is 0.381. The van der Waals surface area contributed by atoms with E-state index in [1.54, 1.807) is 0 Å². The van der Waals surface area contributed by atoms with E-state index in [2.05, 4.69) is 80.7 Å². The second-order valence-corrected chi connectivity index (χ2v) is 8.41. The zero-order chi connectivity index (χ0) is 19.2. The third-order valence-corrected chi connectivity index (χ3v) is 5.76. The molecule has 6 heteroatoms. The molecule has 1 fully saturated rings. The third-order valence-electron chi connectivity index (χ3n) is 5.01. The summed E-state index contributed by atoms with van der Waals surface area (Å²) in [6.07, 6.45) is 0.